The second-order valence-corrected chi connectivity index (χ2v) is 9.52. The molecule has 0 saturated heterocycles. The first kappa shape index (κ1) is 18.8. The second kappa shape index (κ2) is 6.75. The molecule has 1 aromatic heterocycles. The highest BCUT2D eigenvalue weighted by molar-refractivity contribution is 7.92. The Balaban J connectivity index is 2.64. The summed E-state index contributed by atoms with van der Waals surface area (Å²) in [6.07, 6.45) is 6.48. The summed E-state index contributed by atoms with van der Waals surface area (Å²) in [6, 6.07) is 1.62. The molecule has 0 amide bonds. The Kier molecular flexibility index (Phi) is 5.28. The van der Waals surface area contributed by atoms with E-state index in [2.05, 4.69) is 4.72 Å². The monoisotopic (exact) mass is 378 g/mol. The van der Waals surface area contributed by atoms with Crippen molar-refractivity contribution in [2.45, 2.75) is 44.9 Å². The predicted octanol–water partition coefficient (Wildman–Crippen LogP) is 0.964. The molecule has 0 radical (unpaired) electrons. The quantitative estimate of drug-likeness (QED) is 0.817. The first-order valence-corrected chi connectivity index (χ1v) is 11.3. The van der Waals surface area contributed by atoms with Crippen LogP contribution >= 0.6 is 0 Å². The first-order chi connectivity index (χ1) is 11.0. The third kappa shape index (κ3) is 4.73. The van der Waals surface area contributed by atoms with Gasteiger partial charge in [0.1, 0.15) is 5.69 Å². The van der Waals surface area contributed by atoms with Gasteiger partial charge in [0.25, 0.3) is 0 Å². The van der Waals surface area contributed by atoms with Crippen molar-refractivity contribution in [1.29, 1.82) is 0 Å². The molecular weight excluding hydrogens is 356 g/mol. The average molecular weight is 378 g/mol. The summed E-state index contributed by atoms with van der Waals surface area (Å²) in [5.74, 6) is -0.000756. The van der Waals surface area contributed by atoms with Gasteiger partial charge >= 0.3 is 15.7 Å². The fraction of sp³-hybridized carbons (Fsp3) is 0.643. The van der Waals surface area contributed by atoms with Crippen LogP contribution in [0.3, 0.4) is 0 Å². The number of rotatable bonds is 5. The van der Waals surface area contributed by atoms with Crippen molar-refractivity contribution in [3.05, 3.63) is 27.7 Å². The van der Waals surface area contributed by atoms with E-state index < -0.39 is 25.7 Å². The number of anilines is 1. The minimum Gasteiger partial charge on any atom is -0.284 e. The third-order valence-electron chi connectivity index (χ3n) is 3.91. The highest BCUT2D eigenvalue weighted by atomic mass is 32.2. The topological polar surface area (TPSA) is 112 Å². The molecular formula is C14H22N2O6S2. The van der Waals surface area contributed by atoms with E-state index in [1.807, 2.05) is 0 Å². The molecule has 0 unspecified atom stereocenters. The Morgan fingerprint density at radius 1 is 1.12 bits per heavy atom. The minimum atomic E-state index is -3.95. The number of nitrogens with one attached hydrogen (secondary N) is 1. The van der Waals surface area contributed by atoms with Crippen molar-refractivity contribution in [3.63, 3.8) is 0 Å². The minimum absolute atomic E-state index is 0.000756. The predicted molar refractivity (Wildman–Crippen MR) is 91.2 cm³/mol. The van der Waals surface area contributed by atoms with Crippen LogP contribution in [0.15, 0.2) is 10.9 Å². The first-order valence-electron chi connectivity index (χ1n) is 7.62. The number of pyridine rings is 1. The molecule has 24 heavy (non-hydrogen) atoms. The fourth-order valence-corrected chi connectivity index (χ4v) is 3.99. The van der Waals surface area contributed by atoms with Crippen molar-refractivity contribution in [2.24, 2.45) is 0 Å². The molecule has 1 saturated carbocycles. The lowest BCUT2D eigenvalue weighted by atomic mass is 9.86. The maximum atomic E-state index is 12.7. The van der Waals surface area contributed by atoms with E-state index in [4.69, 9.17) is 4.28 Å². The maximum Gasteiger partial charge on any atom is 0.324 e. The molecule has 1 aromatic rings. The van der Waals surface area contributed by atoms with E-state index in [1.165, 1.54) is 0 Å². The maximum absolute atomic E-state index is 12.7. The lowest BCUT2D eigenvalue weighted by Gasteiger charge is -2.25. The Morgan fingerprint density at radius 2 is 1.71 bits per heavy atom. The zero-order valence-corrected chi connectivity index (χ0v) is 15.5. The molecule has 0 aromatic carbocycles. The van der Waals surface area contributed by atoms with Gasteiger partial charge in [-0.25, -0.2) is 8.42 Å². The van der Waals surface area contributed by atoms with Crippen molar-refractivity contribution in [2.75, 3.05) is 17.2 Å². The van der Waals surface area contributed by atoms with Gasteiger partial charge in [0.05, 0.1) is 18.2 Å². The van der Waals surface area contributed by atoms with Gasteiger partial charge in [0, 0.05) is 5.92 Å². The van der Waals surface area contributed by atoms with Crippen molar-refractivity contribution >= 4 is 25.8 Å². The molecule has 10 heteroatoms. The van der Waals surface area contributed by atoms with Crippen LogP contribution in [0.1, 0.15) is 49.3 Å². The van der Waals surface area contributed by atoms with Crippen molar-refractivity contribution in [1.82, 2.24) is 4.73 Å². The van der Waals surface area contributed by atoms with Gasteiger partial charge in [0.2, 0.25) is 10.0 Å². The van der Waals surface area contributed by atoms with Crippen molar-refractivity contribution < 1.29 is 21.1 Å². The van der Waals surface area contributed by atoms with E-state index in [1.54, 1.807) is 13.0 Å². The molecule has 1 heterocycles. The summed E-state index contributed by atoms with van der Waals surface area (Å²) in [7, 11) is -7.64. The highest BCUT2D eigenvalue weighted by Crippen LogP contribution is 2.33. The van der Waals surface area contributed by atoms with Crippen LogP contribution in [0.25, 0.3) is 0 Å². The molecule has 1 aliphatic rings. The van der Waals surface area contributed by atoms with E-state index in [0.29, 0.717) is 16.0 Å². The highest BCUT2D eigenvalue weighted by Gasteiger charge is 2.25. The summed E-state index contributed by atoms with van der Waals surface area (Å²) in [4.78, 5) is 12.7. The van der Waals surface area contributed by atoms with Crippen LogP contribution in [-0.4, -0.2) is 34.1 Å². The molecule has 0 aliphatic heterocycles. The van der Waals surface area contributed by atoms with E-state index >= 15 is 0 Å². The number of sulfonamides is 1. The molecule has 0 spiro atoms. The van der Waals surface area contributed by atoms with Gasteiger partial charge in [-0.3, -0.25) is 13.8 Å². The summed E-state index contributed by atoms with van der Waals surface area (Å²) in [5, 5.41) is 0. The zero-order valence-electron chi connectivity index (χ0n) is 13.9. The number of nitrogens with zero attached hydrogens (tertiary/aromatic N) is 1. The smallest absolute Gasteiger partial charge is 0.284 e. The lowest BCUT2D eigenvalue weighted by molar-refractivity contribution is 0.245. The fourth-order valence-electron chi connectivity index (χ4n) is 2.94. The van der Waals surface area contributed by atoms with Gasteiger partial charge in [-0.2, -0.15) is 8.42 Å². The molecule has 1 aliphatic carbocycles. The van der Waals surface area contributed by atoms with Gasteiger partial charge in [-0.15, -0.1) is 4.73 Å². The number of hydrogen-bond donors (Lipinski definition) is 1. The molecule has 1 fully saturated rings. The van der Waals surface area contributed by atoms with Crippen LogP contribution in [0.4, 0.5) is 5.69 Å². The van der Waals surface area contributed by atoms with Crippen LogP contribution in [0.5, 0.6) is 0 Å². The molecule has 1 N–H and O–H groups in total. The largest absolute Gasteiger partial charge is 0.324 e. The molecule has 2 rings (SSSR count). The van der Waals surface area contributed by atoms with Crippen LogP contribution < -0.4 is 14.6 Å². The summed E-state index contributed by atoms with van der Waals surface area (Å²) < 4.78 is 53.8. The Labute approximate surface area is 142 Å². The Hall–Kier alpha value is -1.55. The number of hydrogen-bond acceptors (Lipinski definition) is 6. The molecule has 136 valence electrons. The van der Waals surface area contributed by atoms with Gasteiger partial charge < -0.3 is 0 Å². The normalized spacial score (nSPS) is 16.8. The zero-order chi connectivity index (χ0) is 18.1. The van der Waals surface area contributed by atoms with Crippen LogP contribution in [0.2, 0.25) is 0 Å². The summed E-state index contributed by atoms with van der Waals surface area (Å²) in [5.41, 5.74) is -0.145. The van der Waals surface area contributed by atoms with E-state index in [9.17, 15) is 21.6 Å². The van der Waals surface area contributed by atoms with Gasteiger partial charge in [0.15, 0.2) is 0 Å². The van der Waals surface area contributed by atoms with Gasteiger partial charge in [-0.1, -0.05) is 19.3 Å². The Bertz CT molecular complexity index is 881. The molecule has 0 atom stereocenters. The molecule has 8 nitrogen and oxygen atoms in total. The average Bonchev–Trinajstić information content (AvgIpc) is 2.45. The third-order valence-corrected chi connectivity index (χ3v) is 4.91. The lowest BCUT2D eigenvalue weighted by Crippen LogP contribution is -2.36. The summed E-state index contributed by atoms with van der Waals surface area (Å²) >= 11 is 0. The number of aromatic nitrogens is 1. The van der Waals surface area contributed by atoms with E-state index in [0.717, 1.165) is 44.6 Å². The van der Waals surface area contributed by atoms with Crippen LogP contribution in [-0.2, 0) is 20.1 Å². The van der Waals surface area contributed by atoms with Gasteiger partial charge in [-0.05, 0) is 31.4 Å². The number of aryl methyl sites for hydroxylation is 1. The van der Waals surface area contributed by atoms with Crippen LogP contribution in [0, 0.1) is 6.92 Å². The second-order valence-electron chi connectivity index (χ2n) is 6.21. The SMILES string of the molecule is Cc1cc(C2CCCCC2)n(OS(C)(=O)=O)c(=O)c1NS(C)(=O)=O. The van der Waals surface area contributed by atoms with E-state index in [-0.39, 0.29) is 11.6 Å². The molecule has 0 bridgehead atoms. The Morgan fingerprint density at radius 3 is 2.21 bits per heavy atom. The summed E-state index contributed by atoms with van der Waals surface area (Å²) in [6.45, 7) is 1.60. The van der Waals surface area contributed by atoms with Crippen molar-refractivity contribution in [3.8, 4) is 0 Å². The standard InChI is InChI=1S/C14H22N2O6S2/c1-10-9-12(11-7-5-4-6-8-11)16(22-24(3,20)21)14(17)13(10)15-23(2,18)19/h9,11,15H,4-8H2,1-3H3.